The van der Waals surface area contributed by atoms with Crippen molar-refractivity contribution in [3.8, 4) is 0 Å². The molecule has 0 spiro atoms. The van der Waals surface area contributed by atoms with Gasteiger partial charge in [-0.15, -0.1) is 0 Å². The lowest BCUT2D eigenvalue weighted by molar-refractivity contribution is -0.384. The van der Waals surface area contributed by atoms with Crippen molar-refractivity contribution < 1.29 is 9.72 Å². The van der Waals surface area contributed by atoms with Gasteiger partial charge in [0, 0.05) is 17.7 Å². The van der Waals surface area contributed by atoms with Crippen LogP contribution in [0.2, 0.25) is 0 Å². The van der Waals surface area contributed by atoms with Crippen molar-refractivity contribution in [2.45, 2.75) is 6.92 Å². The highest BCUT2D eigenvalue weighted by Gasteiger charge is 2.08. The third-order valence-corrected chi connectivity index (χ3v) is 2.99. The van der Waals surface area contributed by atoms with Crippen molar-refractivity contribution in [3.05, 3.63) is 81.9 Å². The van der Waals surface area contributed by atoms with E-state index in [1.54, 1.807) is 13.0 Å². The van der Waals surface area contributed by atoms with E-state index in [-0.39, 0.29) is 5.69 Å². The highest BCUT2D eigenvalue weighted by molar-refractivity contribution is 5.99. The lowest BCUT2D eigenvalue weighted by atomic mass is 10.2. The molecule has 1 N–H and O–H groups in total. The summed E-state index contributed by atoms with van der Waals surface area (Å²) in [5.74, 6) is -0.424. The van der Waals surface area contributed by atoms with Crippen LogP contribution in [0, 0.1) is 10.1 Å². The number of allylic oxidation sites excluding steroid dienone is 1. The Morgan fingerprint density at radius 3 is 2.39 bits per heavy atom. The van der Waals surface area contributed by atoms with E-state index in [0.29, 0.717) is 11.3 Å². The van der Waals surface area contributed by atoms with Crippen molar-refractivity contribution in [2.24, 2.45) is 5.10 Å². The van der Waals surface area contributed by atoms with Gasteiger partial charge in [0.15, 0.2) is 0 Å². The van der Waals surface area contributed by atoms with Gasteiger partial charge in [0.2, 0.25) is 0 Å². The van der Waals surface area contributed by atoms with Crippen molar-refractivity contribution in [3.63, 3.8) is 0 Å². The molecule has 23 heavy (non-hydrogen) atoms. The molecule has 0 heterocycles. The third-order valence-electron chi connectivity index (χ3n) is 2.99. The van der Waals surface area contributed by atoms with Gasteiger partial charge in [-0.3, -0.25) is 14.9 Å². The molecular weight excluding hydrogens is 294 g/mol. The van der Waals surface area contributed by atoms with Crippen LogP contribution in [0.4, 0.5) is 5.69 Å². The lowest BCUT2D eigenvalue weighted by Gasteiger charge is -2.00. The zero-order chi connectivity index (χ0) is 16.7. The Hall–Kier alpha value is -3.28. The first kappa shape index (κ1) is 16.1. The highest BCUT2D eigenvalue weighted by Crippen LogP contribution is 2.11. The normalized spacial score (nSPS) is 11.4. The quantitative estimate of drug-likeness (QED) is 0.522. The molecule has 0 unspecified atom stereocenters. The lowest BCUT2D eigenvalue weighted by Crippen LogP contribution is -2.18. The average molecular weight is 309 g/mol. The van der Waals surface area contributed by atoms with Crippen molar-refractivity contribution in [1.29, 1.82) is 0 Å². The Bertz CT molecular complexity index is 750. The van der Waals surface area contributed by atoms with E-state index in [9.17, 15) is 14.9 Å². The predicted octanol–water partition coefficient (Wildman–Crippen LogP) is 3.41. The molecule has 2 rings (SSSR count). The highest BCUT2D eigenvalue weighted by atomic mass is 16.6. The average Bonchev–Trinajstić information content (AvgIpc) is 2.58. The maximum absolute atomic E-state index is 11.9. The van der Waals surface area contributed by atoms with Gasteiger partial charge in [0.1, 0.15) is 0 Å². The van der Waals surface area contributed by atoms with Gasteiger partial charge in [0.05, 0.1) is 10.6 Å². The molecule has 0 aromatic heterocycles. The standard InChI is InChI=1S/C17H15N3O3/c1-13(7-8-14-5-3-2-4-6-14)18-19-17(21)15-9-11-16(12-10-15)20(22)23/h2-12H,1H3,(H,19,21)/b8-7+,18-13-. The van der Waals surface area contributed by atoms with Crippen LogP contribution in [-0.4, -0.2) is 16.5 Å². The predicted molar refractivity (Wildman–Crippen MR) is 89.1 cm³/mol. The number of hydrazone groups is 1. The smallest absolute Gasteiger partial charge is 0.267 e. The Labute approximate surface area is 133 Å². The first-order valence-electron chi connectivity index (χ1n) is 6.88. The first-order valence-corrected chi connectivity index (χ1v) is 6.88. The number of non-ortho nitro benzene ring substituents is 1. The number of amides is 1. The molecule has 0 aliphatic carbocycles. The molecule has 0 bridgehead atoms. The topological polar surface area (TPSA) is 84.6 Å². The second-order valence-electron chi connectivity index (χ2n) is 4.74. The Kier molecular flexibility index (Phi) is 5.35. The van der Waals surface area contributed by atoms with Gasteiger partial charge < -0.3 is 0 Å². The number of nitro benzene ring substituents is 1. The van der Waals surface area contributed by atoms with Gasteiger partial charge in [-0.05, 0) is 30.7 Å². The van der Waals surface area contributed by atoms with E-state index in [1.165, 1.54) is 24.3 Å². The molecule has 0 radical (unpaired) electrons. The second kappa shape index (κ2) is 7.65. The zero-order valence-corrected chi connectivity index (χ0v) is 12.5. The fraction of sp³-hybridized carbons (Fsp3) is 0.0588. The molecule has 0 fully saturated rings. The zero-order valence-electron chi connectivity index (χ0n) is 12.5. The number of hydrogen-bond acceptors (Lipinski definition) is 4. The molecule has 2 aromatic carbocycles. The summed E-state index contributed by atoms with van der Waals surface area (Å²) < 4.78 is 0. The van der Waals surface area contributed by atoms with Crippen LogP contribution in [0.15, 0.2) is 65.8 Å². The molecular formula is C17H15N3O3. The van der Waals surface area contributed by atoms with Crippen LogP contribution >= 0.6 is 0 Å². The summed E-state index contributed by atoms with van der Waals surface area (Å²) in [6.45, 7) is 1.76. The van der Waals surface area contributed by atoms with E-state index in [4.69, 9.17) is 0 Å². The maximum Gasteiger partial charge on any atom is 0.271 e. The minimum Gasteiger partial charge on any atom is -0.267 e. The third kappa shape index (κ3) is 4.89. The fourth-order valence-corrected chi connectivity index (χ4v) is 1.76. The first-order chi connectivity index (χ1) is 11.1. The van der Waals surface area contributed by atoms with Crippen LogP contribution in [0.1, 0.15) is 22.8 Å². The number of nitrogens with zero attached hydrogens (tertiary/aromatic N) is 2. The van der Waals surface area contributed by atoms with Gasteiger partial charge in [0.25, 0.3) is 11.6 Å². The van der Waals surface area contributed by atoms with E-state index < -0.39 is 10.8 Å². The number of nitro groups is 1. The van der Waals surface area contributed by atoms with Gasteiger partial charge in [-0.1, -0.05) is 36.4 Å². The maximum atomic E-state index is 11.9. The Morgan fingerprint density at radius 1 is 1.13 bits per heavy atom. The van der Waals surface area contributed by atoms with Crippen molar-refractivity contribution in [2.75, 3.05) is 0 Å². The van der Waals surface area contributed by atoms with E-state index in [2.05, 4.69) is 10.5 Å². The number of carbonyl (C=O) groups excluding carboxylic acids is 1. The van der Waals surface area contributed by atoms with Crippen LogP contribution < -0.4 is 5.43 Å². The summed E-state index contributed by atoms with van der Waals surface area (Å²) in [6, 6.07) is 15.0. The molecule has 2 aromatic rings. The van der Waals surface area contributed by atoms with E-state index >= 15 is 0 Å². The largest absolute Gasteiger partial charge is 0.271 e. The number of nitrogens with one attached hydrogen (secondary N) is 1. The van der Waals surface area contributed by atoms with Crippen LogP contribution in [-0.2, 0) is 0 Å². The van der Waals surface area contributed by atoms with Gasteiger partial charge in [-0.25, -0.2) is 5.43 Å². The van der Waals surface area contributed by atoms with E-state index in [1.807, 2.05) is 36.4 Å². The molecule has 0 aliphatic rings. The Morgan fingerprint density at radius 2 is 1.78 bits per heavy atom. The van der Waals surface area contributed by atoms with Crippen molar-refractivity contribution >= 4 is 23.4 Å². The monoisotopic (exact) mass is 309 g/mol. The van der Waals surface area contributed by atoms with Crippen LogP contribution in [0.25, 0.3) is 6.08 Å². The fourth-order valence-electron chi connectivity index (χ4n) is 1.76. The van der Waals surface area contributed by atoms with Crippen LogP contribution in [0.5, 0.6) is 0 Å². The summed E-state index contributed by atoms with van der Waals surface area (Å²) in [4.78, 5) is 21.9. The number of rotatable bonds is 5. The minimum atomic E-state index is -0.516. The molecule has 6 heteroatoms. The van der Waals surface area contributed by atoms with Crippen molar-refractivity contribution in [1.82, 2.24) is 5.43 Å². The summed E-state index contributed by atoms with van der Waals surface area (Å²) in [7, 11) is 0. The Balaban J connectivity index is 1.97. The summed E-state index contributed by atoms with van der Waals surface area (Å²) in [5.41, 5.74) is 4.31. The summed E-state index contributed by atoms with van der Waals surface area (Å²) in [6.07, 6.45) is 3.67. The summed E-state index contributed by atoms with van der Waals surface area (Å²) >= 11 is 0. The number of benzene rings is 2. The van der Waals surface area contributed by atoms with Gasteiger partial charge in [-0.2, -0.15) is 5.10 Å². The van der Waals surface area contributed by atoms with Gasteiger partial charge >= 0.3 is 0 Å². The van der Waals surface area contributed by atoms with Crippen LogP contribution in [0.3, 0.4) is 0 Å². The summed E-state index contributed by atoms with van der Waals surface area (Å²) in [5, 5.41) is 14.5. The second-order valence-corrected chi connectivity index (χ2v) is 4.74. The molecule has 1 amide bonds. The molecule has 0 saturated heterocycles. The molecule has 0 aliphatic heterocycles. The molecule has 116 valence electrons. The molecule has 0 saturated carbocycles. The van der Waals surface area contributed by atoms with E-state index in [0.717, 1.165) is 5.56 Å². The SMILES string of the molecule is CC(/C=C/c1ccccc1)=N/NC(=O)c1ccc([N+](=O)[O-])cc1. The number of carbonyl (C=O) groups is 1. The molecule has 6 nitrogen and oxygen atoms in total. The molecule has 0 atom stereocenters. The minimum absolute atomic E-state index is 0.0629. The number of hydrogen-bond donors (Lipinski definition) is 1.